The van der Waals surface area contributed by atoms with Crippen molar-refractivity contribution in [3.63, 3.8) is 0 Å². The molecule has 3 heterocycles. The van der Waals surface area contributed by atoms with Crippen LogP contribution in [0.1, 0.15) is 31.0 Å². The molecule has 0 radical (unpaired) electrons. The second kappa shape index (κ2) is 9.94. The molecule has 10 heteroatoms. The third-order valence-electron chi connectivity index (χ3n) is 5.30. The summed E-state index contributed by atoms with van der Waals surface area (Å²) in [5.74, 6) is 0.452. The van der Waals surface area contributed by atoms with E-state index in [0.29, 0.717) is 36.6 Å². The first-order valence-corrected chi connectivity index (χ1v) is 12.0. The molecule has 8 nitrogen and oxygen atoms in total. The van der Waals surface area contributed by atoms with Gasteiger partial charge < -0.3 is 14.2 Å². The second-order valence-corrected chi connectivity index (χ2v) is 9.18. The van der Waals surface area contributed by atoms with Gasteiger partial charge in [-0.3, -0.25) is 14.3 Å². The predicted octanol–water partition coefficient (Wildman–Crippen LogP) is 2.97. The van der Waals surface area contributed by atoms with Crippen LogP contribution in [-0.2, 0) is 9.53 Å². The minimum atomic E-state index is -0.777. The summed E-state index contributed by atoms with van der Waals surface area (Å²) in [6, 6.07) is 6.39. The number of halogens is 1. The quantitative estimate of drug-likeness (QED) is 0.444. The Kier molecular flexibility index (Phi) is 6.99. The lowest BCUT2D eigenvalue weighted by molar-refractivity contribution is -0.139. The summed E-state index contributed by atoms with van der Waals surface area (Å²) >= 11 is 4.84. The van der Waals surface area contributed by atoms with Crippen LogP contribution in [0.15, 0.2) is 62.2 Å². The SMILES string of the molecule is CCOC(=O)C1=C(C)N=c2s/c(=C\c3cccnc3)c(=O)n2[C@H]1c1cc(OC)c(OC)cc1Br. The maximum Gasteiger partial charge on any atom is 0.338 e. The first-order chi connectivity index (χ1) is 16.4. The van der Waals surface area contributed by atoms with Gasteiger partial charge in [0.2, 0.25) is 0 Å². The number of benzene rings is 1. The number of allylic oxidation sites excluding steroid dienone is 1. The number of ether oxygens (including phenoxy) is 3. The molecule has 4 rings (SSSR count). The maximum atomic E-state index is 13.6. The highest BCUT2D eigenvalue weighted by Gasteiger charge is 2.35. The van der Waals surface area contributed by atoms with Crippen LogP contribution in [0.2, 0.25) is 0 Å². The summed E-state index contributed by atoms with van der Waals surface area (Å²) < 4.78 is 18.9. The van der Waals surface area contributed by atoms with Crippen molar-refractivity contribution in [3.8, 4) is 11.5 Å². The third kappa shape index (κ3) is 4.30. The van der Waals surface area contributed by atoms with E-state index >= 15 is 0 Å². The number of carbonyl (C=O) groups is 1. The minimum absolute atomic E-state index is 0.195. The molecule has 0 bridgehead atoms. The van der Waals surface area contributed by atoms with Gasteiger partial charge in [0.25, 0.3) is 5.56 Å². The number of methoxy groups -OCH3 is 2. The van der Waals surface area contributed by atoms with Gasteiger partial charge in [-0.15, -0.1) is 0 Å². The van der Waals surface area contributed by atoms with Gasteiger partial charge in [-0.25, -0.2) is 9.79 Å². The Hall–Kier alpha value is -3.24. The Bertz CT molecular complexity index is 1460. The summed E-state index contributed by atoms with van der Waals surface area (Å²) in [5, 5.41) is 0. The van der Waals surface area contributed by atoms with Crippen molar-refractivity contribution in [1.29, 1.82) is 0 Å². The molecule has 1 aliphatic heterocycles. The molecule has 0 N–H and O–H groups in total. The molecule has 1 atom stereocenters. The lowest BCUT2D eigenvalue weighted by Crippen LogP contribution is -2.40. The summed E-state index contributed by atoms with van der Waals surface area (Å²) in [5.41, 5.74) is 1.94. The Labute approximate surface area is 208 Å². The van der Waals surface area contributed by atoms with E-state index in [1.54, 1.807) is 57.6 Å². The van der Waals surface area contributed by atoms with Crippen molar-refractivity contribution in [2.24, 2.45) is 4.99 Å². The zero-order valence-electron chi connectivity index (χ0n) is 19.0. The molecule has 0 fully saturated rings. The standard InChI is InChI=1S/C24H22BrN3O5S/c1-5-33-23(30)20-13(2)27-24-28(22(29)19(34-24)9-14-7-6-8-26-12-14)21(20)15-10-17(31-3)18(32-4)11-16(15)25/h6-12,21H,5H2,1-4H3/b19-9-/t21-/m0/s1. The number of hydrogen-bond acceptors (Lipinski definition) is 8. The summed E-state index contributed by atoms with van der Waals surface area (Å²) in [7, 11) is 3.07. The van der Waals surface area contributed by atoms with Crippen molar-refractivity contribution >= 4 is 39.3 Å². The molecule has 2 aromatic heterocycles. The van der Waals surface area contributed by atoms with Crippen molar-refractivity contribution < 1.29 is 19.0 Å². The van der Waals surface area contributed by atoms with Crippen molar-refractivity contribution in [1.82, 2.24) is 9.55 Å². The average molecular weight is 544 g/mol. The number of aromatic nitrogens is 2. The first-order valence-electron chi connectivity index (χ1n) is 10.4. The number of hydrogen-bond donors (Lipinski definition) is 0. The van der Waals surface area contributed by atoms with Gasteiger partial charge >= 0.3 is 5.97 Å². The molecule has 1 aliphatic rings. The lowest BCUT2D eigenvalue weighted by Gasteiger charge is -2.26. The average Bonchev–Trinajstić information content (AvgIpc) is 3.13. The van der Waals surface area contributed by atoms with E-state index < -0.39 is 12.0 Å². The highest BCUT2D eigenvalue weighted by atomic mass is 79.9. The normalized spacial score (nSPS) is 15.6. The van der Waals surface area contributed by atoms with E-state index in [-0.39, 0.29) is 17.7 Å². The molecule has 1 aromatic carbocycles. The number of carbonyl (C=O) groups excluding carboxylic acids is 1. The summed E-state index contributed by atoms with van der Waals surface area (Å²) in [6.07, 6.45) is 5.11. The van der Waals surface area contributed by atoms with Crippen molar-refractivity contribution in [3.05, 3.63) is 83.2 Å². The zero-order chi connectivity index (χ0) is 24.4. The summed E-state index contributed by atoms with van der Waals surface area (Å²) in [6.45, 7) is 3.67. The zero-order valence-corrected chi connectivity index (χ0v) is 21.4. The van der Waals surface area contributed by atoms with Crippen LogP contribution in [0.5, 0.6) is 11.5 Å². The number of nitrogens with zero attached hydrogens (tertiary/aromatic N) is 3. The smallest absolute Gasteiger partial charge is 0.338 e. The fraction of sp³-hybridized carbons (Fsp3) is 0.250. The van der Waals surface area contributed by atoms with Gasteiger partial charge in [-0.1, -0.05) is 33.3 Å². The molecular weight excluding hydrogens is 522 g/mol. The Morgan fingerprint density at radius 3 is 2.65 bits per heavy atom. The fourth-order valence-electron chi connectivity index (χ4n) is 3.78. The number of rotatable bonds is 6. The molecule has 3 aromatic rings. The Balaban J connectivity index is 2.02. The summed E-state index contributed by atoms with van der Waals surface area (Å²) in [4.78, 5) is 35.9. The van der Waals surface area contributed by atoms with Gasteiger partial charge in [0.1, 0.15) is 0 Å². The third-order valence-corrected chi connectivity index (χ3v) is 6.97. The molecule has 176 valence electrons. The van der Waals surface area contributed by atoms with E-state index in [1.807, 2.05) is 6.07 Å². The number of fused-ring (bicyclic) bond motifs is 1. The van der Waals surface area contributed by atoms with Gasteiger partial charge in [-0.2, -0.15) is 0 Å². The van der Waals surface area contributed by atoms with Crippen molar-refractivity contribution in [2.45, 2.75) is 19.9 Å². The van der Waals surface area contributed by atoms with Gasteiger partial charge in [0, 0.05) is 16.9 Å². The molecule has 0 saturated carbocycles. The largest absolute Gasteiger partial charge is 0.493 e. The molecule has 0 unspecified atom stereocenters. The van der Waals surface area contributed by atoms with Crippen molar-refractivity contribution in [2.75, 3.05) is 20.8 Å². The van der Waals surface area contributed by atoms with E-state index in [9.17, 15) is 9.59 Å². The second-order valence-electron chi connectivity index (χ2n) is 7.32. The van der Waals surface area contributed by atoms with Crippen LogP contribution in [0.4, 0.5) is 0 Å². The maximum absolute atomic E-state index is 13.6. The number of pyridine rings is 1. The predicted molar refractivity (Wildman–Crippen MR) is 132 cm³/mol. The highest BCUT2D eigenvalue weighted by Crippen LogP contribution is 2.40. The van der Waals surface area contributed by atoms with Gasteiger partial charge in [0.15, 0.2) is 16.3 Å². The van der Waals surface area contributed by atoms with Crippen LogP contribution >= 0.6 is 27.3 Å². The van der Waals surface area contributed by atoms with Crippen LogP contribution < -0.4 is 24.4 Å². The van der Waals surface area contributed by atoms with E-state index in [0.717, 1.165) is 5.56 Å². The van der Waals surface area contributed by atoms with Crippen LogP contribution in [0.25, 0.3) is 6.08 Å². The number of thiazole rings is 1. The molecule has 34 heavy (non-hydrogen) atoms. The first kappa shape index (κ1) is 23.9. The number of esters is 1. The molecule has 0 spiro atoms. The van der Waals surface area contributed by atoms with E-state index in [2.05, 4.69) is 25.9 Å². The van der Waals surface area contributed by atoms with E-state index in [1.165, 1.54) is 23.0 Å². The van der Waals surface area contributed by atoms with Crippen LogP contribution in [0, 0.1) is 0 Å². The highest BCUT2D eigenvalue weighted by molar-refractivity contribution is 9.10. The minimum Gasteiger partial charge on any atom is -0.493 e. The molecular formula is C24H22BrN3O5S. The van der Waals surface area contributed by atoms with Crippen LogP contribution in [0.3, 0.4) is 0 Å². The topological polar surface area (TPSA) is 92.0 Å². The molecule has 0 saturated heterocycles. The lowest BCUT2D eigenvalue weighted by atomic mass is 9.95. The van der Waals surface area contributed by atoms with E-state index in [4.69, 9.17) is 14.2 Å². The molecule has 0 amide bonds. The Morgan fingerprint density at radius 2 is 2.00 bits per heavy atom. The monoisotopic (exact) mass is 543 g/mol. The molecule has 0 aliphatic carbocycles. The van der Waals surface area contributed by atoms with Crippen LogP contribution in [-0.4, -0.2) is 36.3 Å². The van der Waals surface area contributed by atoms with Gasteiger partial charge in [-0.05, 0) is 49.2 Å². The Morgan fingerprint density at radius 1 is 1.26 bits per heavy atom. The van der Waals surface area contributed by atoms with Gasteiger partial charge in [0.05, 0.1) is 42.7 Å². The fourth-order valence-corrected chi connectivity index (χ4v) is 5.36.